The molecule has 1 rings (SSSR count). The van der Waals surface area contributed by atoms with Crippen molar-refractivity contribution in [2.45, 2.75) is 6.04 Å². The summed E-state index contributed by atoms with van der Waals surface area (Å²) in [6.07, 6.45) is 0. The second-order valence-electron chi connectivity index (χ2n) is 2.49. The van der Waals surface area contributed by atoms with Gasteiger partial charge in [0.15, 0.2) is 0 Å². The van der Waals surface area contributed by atoms with E-state index in [9.17, 15) is 9.59 Å². The second kappa shape index (κ2) is 2.87. The molecule has 0 aromatic rings. The minimum Gasteiger partial charge on any atom is -0.480 e. The second-order valence-corrected chi connectivity index (χ2v) is 2.49. The SMILES string of the molecule is CN1C(=O)CNC[C@@H]1C(=O)O. The first-order valence-corrected chi connectivity index (χ1v) is 3.32. The van der Waals surface area contributed by atoms with E-state index in [-0.39, 0.29) is 12.5 Å². The van der Waals surface area contributed by atoms with Crippen molar-refractivity contribution < 1.29 is 14.7 Å². The Bertz CT molecular complexity index is 192. The summed E-state index contributed by atoms with van der Waals surface area (Å²) in [7, 11) is 1.50. The monoisotopic (exact) mass is 158 g/mol. The first kappa shape index (κ1) is 8.00. The highest BCUT2D eigenvalue weighted by Gasteiger charge is 2.29. The molecule has 0 radical (unpaired) electrons. The van der Waals surface area contributed by atoms with Crippen LogP contribution >= 0.6 is 0 Å². The summed E-state index contributed by atoms with van der Waals surface area (Å²) in [5.41, 5.74) is 0. The molecule has 5 nitrogen and oxygen atoms in total. The number of amides is 1. The third-order valence-electron chi connectivity index (χ3n) is 1.76. The maximum atomic E-state index is 10.9. The number of hydrogen-bond donors (Lipinski definition) is 2. The number of piperazine rings is 1. The number of aliphatic carboxylic acids is 1. The Morgan fingerprint density at radius 1 is 1.82 bits per heavy atom. The molecule has 0 bridgehead atoms. The predicted octanol–water partition coefficient (Wildman–Crippen LogP) is -1.50. The molecule has 2 N–H and O–H groups in total. The highest BCUT2D eigenvalue weighted by molar-refractivity contribution is 5.86. The first-order chi connectivity index (χ1) is 5.13. The molecule has 1 amide bonds. The van der Waals surface area contributed by atoms with Crippen LogP contribution in [0.4, 0.5) is 0 Å². The molecular weight excluding hydrogens is 148 g/mol. The molecule has 1 aliphatic heterocycles. The van der Waals surface area contributed by atoms with Gasteiger partial charge in [0.25, 0.3) is 0 Å². The van der Waals surface area contributed by atoms with Crippen molar-refractivity contribution in [2.24, 2.45) is 0 Å². The maximum absolute atomic E-state index is 10.9. The predicted molar refractivity (Wildman–Crippen MR) is 37.1 cm³/mol. The lowest BCUT2D eigenvalue weighted by atomic mass is 10.2. The zero-order chi connectivity index (χ0) is 8.43. The number of carboxylic acid groups (broad SMARTS) is 1. The third-order valence-corrected chi connectivity index (χ3v) is 1.76. The van der Waals surface area contributed by atoms with E-state index in [1.807, 2.05) is 0 Å². The molecule has 1 fully saturated rings. The van der Waals surface area contributed by atoms with Gasteiger partial charge in [-0.3, -0.25) is 4.79 Å². The molecule has 0 spiro atoms. The Labute approximate surface area is 64.0 Å². The van der Waals surface area contributed by atoms with Crippen LogP contribution in [0.3, 0.4) is 0 Å². The number of carbonyl (C=O) groups is 2. The van der Waals surface area contributed by atoms with Crippen LogP contribution in [0.2, 0.25) is 0 Å². The van der Waals surface area contributed by atoms with Crippen molar-refractivity contribution in [3.05, 3.63) is 0 Å². The fraction of sp³-hybridized carbons (Fsp3) is 0.667. The van der Waals surface area contributed by atoms with Crippen molar-refractivity contribution in [1.29, 1.82) is 0 Å². The molecule has 1 heterocycles. The third kappa shape index (κ3) is 1.48. The summed E-state index contributed by atoms with van der Waals surface area (Å²) in [6.45, 7) is 0.567. The topological polar surface area (TPSA) is 69.6 Å². The van der Waals surface area contributed by atoms with E-state index in [0.717, 1.165) is 0 Å². The molecule has 1 saturated heterocycles. The lowest BCUT2D eigenvalue weighted by Gasteiger charge is -2.29. The Balaban J connectivity index is 2.65. The van der Waals surface area contributed by atoms with E-state index in [1.54, 1.807) is 0 Å². The van der Waals surface area contributed by atoms with E-state index in [0.29, 0.717) is 6.54 Å². The van der Waals surface area contributed by atoms with Crippen LogP contribution in [0.25, 0.3) is 0 Å². The number of rotatable bonds is 1. The van der Waals surface area contributed by atoms with Gasteiger partial charge in [-0.15, -0.1) is 0 Å². The van der Waals surface area contributed by atoms with E-state index in [4.69, 9.17) is 5.11 Å². The fourth-order valence-electron chi connectivity index (χ4n) is 1.00. The van der Waals surface area contributed by atoms with Gasteiger partial charge >= 0.3 is 5.97 Å². The first-order valence-electron chi connectivity index (χ1n) is 3.32. The van der Waals surface area contributed by atoms with Crippen LogP contribution in [-0.4, -0.2) is 48.1 Å². The molecule has 62 valence electrons. The Morgan fingerprint density at radius 3 is 2.91 bits per heavy atom. The van der Waals surface area contributed by atoms with Gasteiger partial charge in [0.2, 0.25) is 5.91 Å². The molecule has 11 heavy (non-hydrogen) atoms. The summed E-state index contributed by atoms with van der Waals surface area (Å²) in [6, 6.07) is -0.712. The van der Waals surface area contributed by atoms with Crippen molar-refractivity contribution in [1.82, 2.24) is 10.2 Å². The van der Waals surface area contributed by atoms with Gasteiger partial charge < -0.3 is 15.3 Å². The smallest absolute Gasteiger partial charge is 0.327 e. The fourth-order valence-corrected chi connectivity index (χ4v) is 1.00. The summed E-state index contributed by atoms with van der Waals surface area (Å²) >= 11 is 0. The van der Waals surface area contributed by atoms with Gasteiger partial charge in [-0.05, 0) is 0 Å². The van der Waals surface area contributed by atoms with E-state index < -0.39 is 12.0 Å². The number of carbonyl (C=O) groups excluding carboxylic acids is 1. The average molecular weight is 158 g/mol. The van der Waals surface area contributed by atoms with Crippen LogP contribution in [-0.2, 0) is 9.59 Å². The van der Waals surface area contributed by atoms with Gasteiger partial charge in [-0.25, -0.2) is 4.79 Å². The standard InChI is InChI=1S/C6H10N2O3/c1-8-4(6(10)11)2-7-3-5(8)9/h4,7H,2-3H2,1H3,(H,10,11)/t4-/m1/s1. The van der Waals surface area contributed by atoms with Gasteiger partial charge in [0.05, 0.1) is 6.54 Å². The van der Waals surface area contributed by atoms with E-state index >= 15 is 0 Å². The van der Waals surface area contributed by atoms with Crippen LogP contribution in [0.1, 0.15) is 0 Å². The molecule has 1 atom stereocenters. The molecule has 1 aliphatic rings. The largest absolute Gasteiger partial charge is 0.480 e. The number of nitrogens with one attached hydrogen (secondary N) is 1. The molecule has 0 unspecified atom stereocenters. The quantitative estimate of drug-likeness (QED) is 0.487. The Kier molecular flexibility index (Phi) is 2.09. The van der Waals surface area contributed by atoms with E-state index in [1.165, 1.54) is 11.9 Å². The number of hydrogen-bond acceptors (Lipinski definition) is 3. The average Bonchev–Trinajstić information content (AvgIpc) is 1.94. The lowest BCUT2D eigenvalue weighted by molar-refractivity contribution is -0.150. The maximum Gasteiger partial charge on any atom is 0.327 e. The van der Waals surface area contributed by atoms with Crippen molar-refractivity contribution >= 4 is 11.9 Å². The highest BCUT2D eigenvalue weighted by Crippen LogP contribution is 2.00. The molecule has 0 aromatic carbocycles. The molecular formula is C6H10N2O3. The highest BCUT2D eigenvalue weighted by atomic mass is 16.4. The van der Waals surface area contributed by atoms with Crippen LogP contribution in [0, 0.1) is 0 Å². The van der Waals surface area contributed by atoms with Gasteiger partial charge in [-0.1, -0.05) is 0 Å². The minimum absolute atomic E-state index is 0.177. The number of carboxylic acids is 1. The zero-order valence-electron chi connectivity index (χ0n) is 6.20. The molecule has 0 saturated carbocycles. The Hall–Kier alpha value is -1.10. The number of likely N-dealkylation sites (N-methyl/N-ethyl adjacent to an activating group) is 1. The normalized spacial score (nSPS) is 25.4. The van der Waals surface area contributed by atoms with Crippen molar-refractivity contribution in [2.75, 3.05) is 20.1 Å². The van der Waals surface area contributed by atoms with Crippen LogP contribution < -0.4 is 5.32 Å². The summed E-state index contributed by atoms with van der Waals surface area (Å²) < 4.78 is 0. The van der Waals surface area contributed by atoms with Crippen molar-refractivity contribution in [3.8, 4) is 0 Å². The van der Waals surface area contributed by atoms with Gasteiger partial charge in [0.1, 0.15) is 6.04 Å². The van der Waals surface area contributed by atoms with Gasteiger partial charge in [-0.2, -0.15) is 0 Å². The van der Waals surface area contributed by atoms with Crippen molar-refractivity contribution in [3.63, 3.8) is 0 Å². The zero-order valence-corrected chi connectivity index (χ0v) is 6.20. The van der Waals surface area contributed by atoms with Crippen LogP contribution in [0.15, 0.2) is 0 Å². The minimum atomic E-state index is -0.965. The lowest BCUT2D eigenvalue weighted by Crippen LogP contribution is -2.56. The summed E-state index contributed by atoms with van der Waals surface area (Å²) in [5, 5.41) is 11.3. The molecule has 0 aromatic heterocycles. The number of nitrogens with zero attached hydrogens (tertiary/aromatic N) is 1. The Morgan fingerprint density at radius 2 is 2.45 bits per heavy atom. The van der Waals surface area contributed by atoms with E-state index in [2.05, 4.69) is 5.32 Å². The summed E-state index contributed by atoms with van der Waals surface area (Å²) in [4.78, 5) is 22.6. The van der Waals surface area contributed by atoms with Gasteiger partial charge in [0, 0.05) is 13.6 Å². The molecule has 0 aliphatic carbocycles. The summed E-state index contributed by atoms with van der Waals surface area (Å²) in [5.74, 6) is -1.14. The molecule has 5 heteroatoms. The van der Waals surface area contributed by atoms with Crippen LogP contribution in [0.5, 0.6) is 0 Å².